The minimum Gasteiger partial charge on any atom is -0.351 e. The summed E-state index contributed by atoms with van der Waals surface area (Å²) in [5, 5.41) is 18.3. The van der Waals surface area contributed by atoms with Gasteiger partial charge in [-0.15, -0.1) is 5.10 Å². The Hall–Kier alpha value is -4.46. The Bertz CT molecular complexity index is 2050. The van der Waals surface area contributed by atoms with E-state index in [1.807, 2.05) is 19.0 Å². The standard InChI is InChI=1S/C34H33ClF4N8O/c1-6-8-25(48)46-14-12-21(15-20(46)11-13-40)47-31-23-16-24(34(37,38)39)26(22-10-7-9-19(2)27(22)35)28(36)29(23)41-32(30(31)42-43-47)45-17-33(3,18-45)44(4)5/h7,9-10,16,20-21H,11-12,14-15,17-18H2,1-5H3/t20-,21+/m1/s1. The number of amides is 1. The molecule has 4 heterocycles. The molecule has 2 saturated heterocycles. The largest absolute Gasteiger partial charge is 0.417 e. The van der Waals surface area contributed by atoms with Crippen LogP contribution in [0.2, 0.25) is 5.02 Å². The van der Waals surface area contributed by atoms with Crippen LogP contribution < -0.4 is 4.90 Å². The van der Waals surface area contributed by atoms with Crippen molar-refractivity contribution in [2.24, 2.45) is 0 Å². The van der Waals surface area contributed by atoms with Crippen LogP contribution in [0.3, 0.4) is 0 Å². The van der Waals surface area contributed by atoms with Crippen molar-refractivity contribution in [3.8, 4) is 29.0 Å². The average Bonchev–Trinajstić information content (AvgIpc) is 3.46. The van der Waals surface area contributed by atoms with Gasteiger partial charge in [-0.3, -0.25) is 4.79 Å². The number of nitrogens with zero attached hydrogens (tertiary/aromatic N) is 8. The molecule has 2 aliphatic heterocycles. The fourth-order valence-electron chi connectivity index (χ4n) is 6.79. The summed E-state index contributed by atoms with van der Waals surface area (Å²) in [5.41, 5.74) is -1.51. The van der Waals surface area contributed by atoms with Gasteiger partial charge in [-0.2, -0.15) is 18.4 Å². The number of likely N-dealkylation sites (N-methyl/N-ethyl adjacent to an activating group) is 1. The van der Waals surface area contributed by atoms with Gasteiger partial charge < -0.3 is 14.7 Å². The van der Waals surface area contributed by atoms with Crippen molar-refractivity contribution in [3.05, 3.63) is 46.2 Å². The molecule has 9 nitrogen and oxygen atoms in total. The third-order valence-electron chi connectivity index (χ3n) is 9.68. The second kappa shape index (κ2) is 12.2. The molecule has 14 heteroatoms. The van der Waals surface area contributed by atoms with E-state index in [-0.39, 0.29) is 57.4 Å². The fourth-order valence-corrected chi connectivity index (χ4v) is 7.01. The smallest absolute Gasteiger partial charge is 0.351 e. The highest BCUT2D eigenvalue weighted by molar-refractivity contribution is 6.34. The first kappa shape index (κ1) is 33.4. The highest BCUT2D eigenvalue weighted by Crippen LogP contribution is 2.47. The Morgan fingerprint density at radius 3 is 2.60 bits per heavy atom. The van der Waals surface area contributed by atoms with Crippen LogP contribution >= 0.6 is 11.6 Å². The molecule has 1 amide bonds. The van der Waals surface area contributed by atoms with Crippen LogP contribution in [0.15, 0.2) is 24.3 Å². The summed E-state index contributed by atoms with van der Waals surface area (Å²) in [7, 11) is 3.90. The summed E-state index contributed by atoms with van der Waals surface area (Å²) in [5.74, 6) is 3.87. The third kappa shape index (κ3) is 5.49. The van der Waals surface area contributed by atoms with E-state index in [0.29, 0.717) is 30.9 Å². The topological polar surface area (TPSA) is 94.2 Å². The van der Waals surface area contributed by atoms with Crippen molar-refractivity contribution in [2.75, 3.05) is 38.6 Å². The fraction of sp³-hybridized carbons (Fsp3) is 0.441. The SMILES string of the molecule is CC#CC(=O)N1CC[C@H](n2nnc3c(N4CC(C)(N(C)C)C4)nc4c(F)c(-c5cccc(C)c5Cl)c(C(F)(F)F)cc4c32)C[C@H]1CC#N. The Morgan fingerprint density at radius 2 is 1.96 bits per heavy atom. The Labute approximate surface area is 280 Å². The van der Waals surface area contributed by atoms with Gasteiger partial charge in [0, 0.05) is 42.2 Å². The number of carbonyl (C=O) groups is 1. The van der Waals surface area contributed by atoms with E-state index in [1.54, 1.807) is 24.8 Å². The number of carbonyl (C=O) groups excluding carboxylic acids is 1. The molecule has 0 aliphatic carbocycles. The summed E-state index contributed by atoms with van der Waals surface area (Å²) in [6, 6.07) is 6.60. The molecule has 48 heavy (non-hydrogen) atoms. The molecule has 2 aliphatic rings. The van der Waals surface area contributed by atoms with Crippen LogP contribution in [0.5, 0.6) is 0 Å². The number of alkyl halides is 3. The Morgan fingerprint density at radius 1 is 1.23 bits per heavy atom. The van der Waals surface area contributed by atoms with E-state index >= 15 is 4.39 Å². The molecule has 0 saturated carbocycles. The first-order valence-corrected chi connectivity index (χ1v) is 15.8. The van der Waals surface area contributed by atoms with E-state index in [2.05, 4.69) is 45.0 Å². The van der Waals surface area contributed by atoms with Gasteiger partial charge in [-0.05, 0) is 65.3 Å². The molecule has 0 N–H and O–H groups in total. The van der Waals surface area contributed by atoms with Gasteiger partial charge in [-0.25, -0.2) is 14.1 Å². The summed E-state index contributed by atoms with van der Waals surface area (Å²) in [6.45, 7) is 6.54. The van der Waals surface area contributed by atoms with E-state index in [0.717, 1.165) is 6.07 Å². The first-order chi connectivity index (χ1) is 22.7. The first-order valence-electron chi connectivity index (χ1n) is 15.5. The predicted molar refractivity (Wildman–Crippen MR) is 175 cm³/mol. The molecule has 0 radical (unpaired) electrons. The molecule has 2 aromatic carbocycles. The summed E-state index contributed by atoms with van der Waals surface area (Å²) < 4.78 is 62.9. The quantitative estimate of drug-likeness (QED) is 0.179. The normalized spacial score (nSPS) is 19.3. The van der Waals surface area contributed by atoms with E-state index < -0.39 is 41.1 Å². The van der Waals surface area contributed by atoms with Gasteiger partial charge in [-0.1, -0.05) is 40.9 Å². The number of aromatic nitrogens is 4. The highest BCUT2D eigenvalue weighted by Gasteiger charge is 2.44. The predicted octanol–water partition coefficient (Wildman–Crippen LogP) is 6.38. The lowest BCUT2D eigenvalue weighted by Gasteiger charge is -2.52. The lowest BCUT2D eigenvalue weighted by Crippen LogP contribution is -2.67. The van der Waals surface area contributed by atoms with Crippen LogP contribution in [-0.2, 0) is 11.0 Å². The summed E-state index contributed by atoms with van der Waals surface area (Å²) >= 11 is 6.49. The van der Waals surface area contributed by atoms with Gasteiger partial charge in [0.1, 0.15) is 11.0 Å². The number of benzene rings is 2. The number of likely N-dealkylation sites (tertiary alicyclic amines) is 1. The maximum absolute atomic E-state index is 16.9. The minimum absolute atomic E-state index is 0.0105. The molecule has 6 rings (SSSR count). The zero-order valence-electron chi connectivity index (χ0n) is 27.1. The van der Waals surface area contributed by atoms with Gasteiger partial charge >= 0.3 is 6.18 Å². The second-order valence-electron chi connectivity index (χ2n) is 12.9. The monoisotopic (exact) mass is 680 g/mol. The number of hydrogen-bond acceptors (Lipinski definition) is 7. The Kier molecular flexibility index (Phi) is 8.51. The molecular weight excluding hydrogens is 648 g/mol. The minimum atomic E-state index is -4.95. The number of hydrogen-bond donors (Lipinski definition) is 0. The molecule has 0 bridgehead atoms. The zero-order valence-corrected chi connectivity index (χ0v) is 27.8. The molecule has 2 fully saturated rings. The number of fused-ring (bicyclic) bond motifs is 3. The molecule has 2 atom stereocenters. The molecule has 2 aromatic heterocycles. The van der Waals surface area contributed by atoms with Crippen molar-refractivity contribution in [1.29, 1.82) is 5.26 Å². The van der Waals surface area contributed by atoms with Gasteiger partial charge in [0.25, 0.3) is 5.91 Å². The molecule has 250 valence electrons. The number of nitriles is 1. The van der Waals surface area contributed by atoms with Gasteiger partial charge in [0.2, 0.25) is 0 Å². The number of piperidine rings is 1. The average molecular weight is 681 g/mol. The van der Waals surface area contributed by atoms with Crippen LogP contribution in [0, 0.1) is 35.9 Å². The zero-order chi connectivity index (χ0) is 34.7. The molecule has 0 spiro atoms. The molecule has 0 unspecified atom stereocenters. The molecular formula is C34H33ClF4N8O. The number of pyridine rings is 1. The number of halogens is 5. The summed E-state index contributed by atoms with van der Waals surface area (Å²) in [6.07, 6.45) is -4.28. The maximum atomic E-state index is 16.9. The lowest BCUT2D eigenvalue weighted by atomic mass is 9.90. The van der Waals surface area contributed by atoms with Crippen LogP contribution in [-0.4, -0.2) is 81.0 Å². The third-order valence-corrected chi connectivity index (χ3v) is 10.2. The number of rotatable bonds is 5. The van der Waals surface area contributed by atoms with Crippen molar-refractivity contribution in [2.45, 2.75) is 63.8 Å². The van der Waals surface area contributed by atoms with Crippen LogP contribution in [0.1, 0.15) is 50.3 Å². The highest BCUT2D eigenvalue weighted by atomic mass is 35.5. The van der Waals surface area contributed by atoms with Crippen LogP contribution in [0.25, 0.3) is 33.1 Å². The van der Waals surface area contributed by atoms with E-state index in [1.165, 1.54) is 16.8 Å². The second-order valence-corrected chi connectivity index (χ2v) is 13.3. The van der Waals surface area contributed by atoms with Crippen molar-refractivity contribution >= 4 is 45.3 Å². The van der Waals surface area contributed by atoms with E-state index in [4.69, 9.17) is 11.6 Å². The number of anilines is 1. The molecule has 4 aromatic rings. The van der Waals surface area contributed by atoms with Crippen molar-refractivity contribution < 1.29 is 22.4 Å². The van der Waals surface area contributed by atoms with Gasteiger partial charge in [0.05, 0.1) is 34.7 Å². The van der Waals surface area contributed by atoms with E-state index in [9.17, 15) is 23.2 Å². The maximum Gasteiger partial charge on any atom is 0.417 e. The van der Waals surface area contributed by atoms with Crippen molar-refractivity contribution in [1.82, 2.24) is 29.8 Å². The Balaban J connectivity index is 1.61. The van der Waals surface area contributed by atoms with Crippen molar-refractivity contribution in [3.63, 3.8) is 0 Å². The summed E-state index contributed by atoms with van der Waals surface area (Å²) in [4.78, 5) is 22.9. The number of aryl methyl sites for hydroxylation is 1. The van der Waals surface area contributed by atoms with Gasteiger partial charge in [0.15, 0.2) is 17.2 Å². The van der Waals surface area contributed by atoms with Crippen LogP contribution in [0.4, 0.5) is 23.4 Å². The lowest BCUT2D eigenvalue weighted by molar-refractivity contribution is -0.137.